The van der Waals surface area contributed by atoms with Gasteiger partial charge in [-0.05, 0) is 60.8 Å². The molecule has 2 heterocycles. The number of hydrogen-bond acceptors (Lipinski definition) is 2. The summed E-state index contributed by atoms with van der Waals surface area (Å²) in [6.07, 6.45) is 1.08. The number of hydrogen-bond donors (Lipinski definition) is 1. The molecule has 20 heavy (non-hydrogen) atoms. The van der Waals surface area contributed by atoms with Crippen LogP contribution in [0.2, 0.25) is 0 Å². The Morgan fingerprint density at radius 1 is 1.45 bits per heavy atom. The number of thiocarbonyl (C=S) groups is 1. The van der Waals surface area contributed by atoms with Gasteiger partial charge in [-0.3, -0.25) is 0 Å². The van der Waals surface area contributed by atoms with Crippen molar-refractivity contribution in [2.45, 2.75) is 19.4 Å². The first kappa shape index (κ1) is 14.0. The van der Waals surface area contributed by atoms with Crippen LogP contribution in [0.15, 0.2) is 40.2 Å². The van der Waals surface area contributed by atoms with E-state index in [1.807, 2.05) is 35.6 Å². The summed E-state index contributed by atoms with van der Waals surface area (Å²) in [4.78, 5) is 3.77. The molecule has 1 aliphatic rings. The van der Waals surface area contributed by atoms with E-state index in [9.17, 15) is 0 Å². The van der Waals surface area contributed by atoms with Crippen molar-refractivity contribution >= 4 is 50.3 Å². The summed E-state index contributed by atoms with van der Waals surface area (Å²) >= 11 is 10.9. The zero-order chi connectivity index (χ0) is 14.1. The van der Waals surface area contributed by atoms with Crippen LogP contribution in [0.25, 0.3) is 0 Å². The Morgan fingerprint density at radius 2 is 2.30 bits per heavy atom. The second-order valence-corrected chi connectivity index (χ2v) is 7.16. The van der Waals surface area contributed by atoms with Gasteiger partial charge in [-0.15, -0.1) is 11.3 Å². The van der Waals surface area contributed by atoms with Crippen molar-refractivity contribution < 1.29 is 0 Å². The minimum Gasteiger partial charge on any atom is -0.342 e. The highest BCUT2D eigenvalue weighted by molar-refractivity contribution is 9.10. The number of fused-ring (bicyclic) bond motifs is 1. The van der Waals surface area contributed by atoms with E-state index in [-0.39, 0.29) is 0 Å². The summed E-state index contributed by atoms with van der Waals surface area (Å²) < 4.78 is 1.05. The fraction of sp³-hybridized carbons (Fsp3) is 0.267. The van der Waals surface area contributed by atoms with E-state index >= 15 is 0 Å². The Bertz CT molecular complexity index is 638. The first-order valence-corrected chi connectivity index (χ1v) is 8.62. The quantitative estimate of drug-likeness (QED) is 0.727. The molecule has 3 rings (SSSR count). The van der Waals surface area contributed by atoms with Crippen LogP contribution in [0, 0.1) is 0 Å². The molecule has 2 nitrogen and oxygen atoms in total. The molecule has 1 aliphatic heterocycles. The summed E-state index contributed by atoms with van der Waals surface area (Å²) in [6.45, 7) is 3.20. The molecule has 0 radical (unpaired) electrons. The van der Waals surface area contributed by atoms with Crippen molar-refractivity contribution in [2.75, 3.05) is 11.9 Å². The number of nitrogens with one attached hydrogen (secondary N) is 1. The SMILES string of the molecule is C[C@@H]1c2ccsc2CCN1C(=S)Nc1cccc(Br)c1. The fourth-order valence-corrected chi connectivity index (χ4v) is 4.28. The highest BCUT2D eigenvalue weighted by Crippen LogP contribution is 2.33. The Kier molecular flexibility index (Phi) is 4.10. The van der Waals surface area contributed by atoms with Gasteiger partial charge in [0, 0.05) is 21.6 Å². The topological polar surface area (TPSA) is 15.3 Å². The molecule has 2 aromatic rings. The lowest BCUT2D eigenvalue weighted by molar-refractivity contribution is 0.326. The second-order valence-electron chi connectivity index (χ2n) is 4.86. The lowest BCUT2D eigenvalue weighted by atomic mass is 10.0. The normalized spacial score (nSPS) is 17.7. The summed E-state index contributed by atoms with van der Waals surface area (Å²) in [7, 11) is 0. The molecular weight excluding hydrogens is 352 g/mol. The minimum absolute atomic E-state index is 0.345. The standard InChI is InChI=1S/C15H15BrN2S2/c1-10-13-6-8-20-14(13)5-7-18(10)15(19)17-12-4-2-3-11(16)9-12/h2-4,6,8-10H,5,7H2,1H3,(H,17,19)/t10-/m1/s1. The third-order valence-electron chi connectivity index (χ3n) is 3.61. The largest absolute Gasteiger partial charge is 0.342 e. The van der Waals surface area contributed by atoms with Crippen LogP contribution in [-0.4, -0.2) is 16.6 Å². The van der Waals surface area contributed by atoms with Crippen molar-refractivity contribution in [1.82, 2.24) is 4.90 Å². The smallest absolute Gasteiger partial charge is 0.173 e. The molecule has 5 heteroatoms. The lowest BCUT2D eigenvalue weighted by Crippen LogP contribution is -2.40. The molecular formula is C15H15BrN2S2. The van der Waals surface area contributed by atoms with Gasteiger partial charge in [0.05, 0.1) is 6.04 Å². The second kappa shape index (κ2) is 5.84. The zero-order valence-corrected chi connectivity index (χ0v) is 14.3. The maximum absolute atomic E-state index is 5.58. The molecule has 0 fully saturated rings. The van der Waals surface area contributed by atoms with E-state index in [0.29, 0.717) is 6.04 Å². The Labute approximate surface area is 136 Å². The van der Waals surface area contributed by atoms with E-state index in [2.05, 4.69) is 44.5 Å². The third-order valence-corrected chi connectivity index (χ3v) is 5.44. The van der Waals surface area contributed by atoms with Gasteiger partial charge in [0.15, 0.2) is 5.11 Å². The molecule has 1 N–H and O–H groups in total. The number of anilines is 1. The molecule has 1 aromatic carbocycles. The number of rotatable bonds is 1. The van der Waals surface area contributed by atoms with E-state index in [1.54, 1.807) is 0 Å². The Morgan fingerprint density at radius 3 is 3.10 bits per heavy atom. The number of halogens is 1. The van der Waals surface area contributed by atoms with E-state index in [1.165, 1.54) is 10.4 Å². The summed E-state index contributed by atoms with van der Waals surface area (Å²) in [5.41, 5.74) is 2.44. The molecule has 0 spiro atoms. The van der Waals surface area contributed by atoms with Gasteiger partial charge in [0.25, 0.3) is 0 Å². The van der Waals surface area contributed by atoms with Crippen LogP contribution in [-0.2, 0) is 6.42 Å². The Hall–Kier alpha value is -0.910. The predicted molar refractivity (Wildman–Crippen MR) is 93.5 cm³/mol. The molecule has 0 amide bonds. The van der Waals surface area contributed by atoms with Crippen LogP contribution in [0.5, 0.6) is 0 Å². The molecule has 0 bridgehead atoms. The van der Waals surface area contributed by atoms with E-state index in [4.69, 9.17) is 12.2 Å². The maximum Gasteiger partial charge on any atom is 0.173 e. The van der Waals surface area contributed by atoms with Crippen molar-refractivity contribution in [3.05, 3.63) is 50.6 Å². The van der Waals surface area contributed by atoms with E-state index in [0.717, 1.165) is 28.2 Å². The molecule has 0 unspecified atom stereocenters. The van der Waals surface area contributed by atoms with Gasteiger partial charge in [0.1, 0.15) is 0 Å². The van der Waals surface area contributed by atoms with Crippen molar-refractivity contribution in [3.8, 4) is 0 Å². The first-order chi connectivity index (χ1) is 9.65. The van der Waals surface area contributed by atoms with Gasteiger partial charge in [-0.2, -0.15) is 0 Å². The van der Waals surface area contributed by atoms with Crippen LogP contribution >= 0.6 is 39.5 Å². The lowest BCUT2D eigenvalue weighted by Gasteiger charge is -2.35. The van der Waals surface area contributed by atoms with Crippen molar-refractivity contribution in [3.63, 3.8) is 0 Å². The molecule has 1 atom stereocenters. The Balaban J connectivity index is 1.75. The average Bonchev–Trinajstić information content (AvgIpc) is 2.88. The number of thiophene rings is 1. The third kappa shape index (κ3) is 2.75. The summed E-state index contributed by atoms with van der Waals surface area (Å²) in [6, 6.07) is 10.6. The highest BCUT2D eigenvalue weighted by atomic mass is 79.9. The van der Waals surface area contributed by atoms with E-state index < -0.39 is 0 Å². The fourth-order valence-electron chi connectivity index (χ4n) is 2.55. The van der Waals surface area contributed by atoms with Crippen molar-refractivity contribution in [2.24, 2.45) is 0 Å². The minimum atomic E-state index is 0.345. The summed E-state index contributed by atoms with van der Waals surface area (Å²) in [5.74, 6) is 0. The van der Waals surface area contributed by atoms with Gasteiger partial charge in [-0.25, -0.2) is 0 Å². The summed E-state index contributed by atoms with van der Waals surface area (Å²) in [5, 5.41) is 6.31. The number of benzene rings is 1. The van der Waals surface area contributed by atoms with Crippen LogP contribution in [0.1, 0.15) is 23.4 Å². The van der Waals surface area contributed by atoms with Gasteiger partial charge in [-0.1, -0.05) is 22.0 Å². The monoisotopic (exact) mass is 366 g/mol. The molecule has 1 aromatic heterocycles. The predicted octanol–water partition coefficient (Wildman–Crippen LogP) is 4.83. The highest BCUT2D eigenvalue weighted by Gasteiger charge is 2.26. The van der Waals surface area contributed by atoms with Crippen LogP contribution < -0.4 is 5.32 Å². The zero-order valence-electron chi connectivity index (χ0n) is 11.1. The maximum atomic E-state index is 5.58. The molecule has 104 valence electrons. The molecule has 0 aliphatic carbocycles. The van der Waals surface area contributed by atoms with Gasteiger partial charge >= 0.3 is 0 Å². The number of nitrogens with zero attached hydrogens (tertiary/aromatic N) is 1. The van der Waals surface area contributed by atoms with Crippen LogP contribution in [0.4, 0.5) is 5.69 Å². The average molecular weight is 367 g/mol. The van der Waals surface area contributed by atoms with Crippen molar-refractivity contribution in [1.29, 1.82) is 0 Å². The molecule has 0 saturated carbocycles. The van der Waals surface area contributed by atoms with Gasteiger partial charge in [0.2, 0.25) is 0 Å². The van der Waals surface area contributed by atoms with Gasteiger partial charge < -0.3 is 10.2 Å². The first-order valence-electron chi connectivity index (χ1n) is 6.54. The van der Waals surface area contributed by atoms with Crippen LogP contribution in [0.3, 0.4) is 0 Å². The molecule has 0 saturated heterocycles.